The topological polar surface area (TPSA) is 59.4 Å². The highest BCUT2D eigenvalue weighted by Crippen LogP contribution is 2.14. The first kappa shape index (κ1) is 10.2. The fourth-order valence-electron chi connectivity index (χ4n) is 1.04. The maximum atomic E-state index is 10.8. The van der Waals surface area contributed by atoms with Crippen molar-refractivity contribution in [1.82, 2.24) is 4.98 Å². The van der Waals surface area contributed by atoms with Gasteiger partial charge in [0.05, 0.1) is 18.4 Å². The standard InChI is InChI=1S/C10H11NO3/c1-3-4-8-7(10(12)13)5-6-9(11-8)14-2/h3-6H,1-2H3,(H,12,13)/b4-3+. The highest BCUT2D eigenvalue weighted by atomic mass is 16.5. The lowest BCUT2D eigenvalue weighted by atomic mass is 10.2. The van der Waals surface area contributed by atoms with Gasteiger partial charge in [0.2, 0.25) is 5.88 Å². The van der Waals surface area contributed by atoms with Crippen LogP contribution in [0.5, 0.6) is 5.88 Å². The van der Waals surface area contributed by atoms with E-state index in [9.17, 15) is 4.79 Å². The fraction of sp³-hybridized carbons (Fsp3) is 0.200. The Morgan fingerprint density at radius 3 is 2.79 bits per heavy atom. The van der Waals surface area contributed by atoms with E-state index in [-0.39, 0.29) is 5.56 Å². The van der Waals surface area contributed by atoms with Crippen molar-refractivity contribution in [3.8, 4) is 5.88 Å². The van der Waals surface area contributed by atoms with Crippen molar-refractivity contribution in [3.05, 3.63) is 29.5 Å². The highest BCUT2D eigenvalue weighted by molar-refractivity contribution is 5.91. The van der Waals surface area contributed by atoms with Crippen LogP contribution in [0.1, 0.15) is 23.0 Å². The van der Waals surface area contributed by atoms with Crippen LogP contribution in [-0.4, -0.2) is 23.2 Å². The van der Waals surface area contributed by atoms with Gasteiger partial charge in [-0.05, 0) is 19.1 Å². The zero-order valence-electron chi connectivity index (χ0n) is 8.02. The van der Waals surface area contributed by atoms with Crippen LogP contribution in [0.25, 0.3) is 6.08 Å². The molecule has 4 nitrogen and oxygen atoms in total. The molecule has 0 bridgehead atoms. The molecule has 1 rings (SSSR count). The summed E-state index contributed by atoms with van der Waals surface area (Å²) in [5.74, 6) is -0.587. The Bertz CT molecular complexity index is 372. The molecule has 0 amide bonds. The van der Waals surface area contributed by atoms with Crippen molar-refractivity contribution in [2.75, 3.05) is 7.11 Å². The van der Waals surface area contributed by atoms with Crippen molar-refractivity contribution in [2.24, 2.45) is 0 Å². The molecule has 1 heterocycles. The molecule has 0 aliphatic heterocycles. The average molecular weight is 193 g/mol. The van der Waals surface area contributed by atoms with E-state index in [1.807, 2.05) is 0 Å². The van der Waals surface area contributed by atoms with Crippen LogP contribution >= 0.6 is 0 Å². The summed E-state index contributed by atoms with van der Waals surface area (Å²) in [6, 6.07) is 3.00. The van der Waals surface area contributed by atoms with E-state index in [1.165, 1.54) is 19.2 Å². The number of aromatic nitrogens is 1. The molecule has 1 aromatic rings. The Morgan fingerprint density at radius 1 is 1.57 bits per heavy atom. The Kier molecular flexibility index (Phi) is 3.23. The zero-order chi connectivity index (χ0) is 10.6. The van der Waals surface area contributed by atoms with Crippen LogP contribution in [-0.2, 0) is 0 Å². The van der Waals surface area contributed by atoms with Gasteiger partial charge in [-0.15, -0.1) is 0 Å². The van der Waals surface area contributed by atoms with Gasteiger partial charge in [-0.25, -0.2) is 9.78 Å². The van der Waals surface area contributed by atoms with Crippen molar-refractivity contribution >= 4 is 12.0 Å². The summed E-state index contributed by atoms with van der Waals surface area (Å²) in [6.45, 7) is 1.80. The summed E-state index contributed by atoms with van der Waals surface area (Å²) in [7, 11) is 1.49. The molecule has 0 unspecified atom stereocenters. The lowest BCUT2D eigenvalue weighted by molar-refractivity contribution is 0.0696. The van der Waals surface area contributed by atoms with E-state index in [0.717, 1.165) is 0 Å². The molecule has 0 aromatic carbocycles. The number of hydrogen-bond acceptors (Lipinski definition) is 3. The van der Waals surface area contributed by atoms with Gasteiger partial charge in [0.25, 0.3) is 0 Å². The number of aromatic carboxylic acids is 1. The van der Waals surface area contributed by atoms with Gasteiger partial charge >= 0.3 is 5.97 Å². The first-order valence-electron chi connectivity index (χ1n) is 4.10. The molecule has 1 N–H and O–H groups in total. The molecule has 0 atom stereocenters. The monoisotopic (exact) mass is 193 g/mol. The van der Waals surface area contributed by atoms with Crippen LogP contribution < -0.4 is 4.74 Å². The molecule has 0 spiro atoms. The minimum Gasteiger partial charge on any atom is -0.481 e. The first-order chi connectivity index (χ1) is 6.69. The molecule has 1 aromatic heterocycles. The van der Waals surface area contributed by atoms with E-state index < -0.39 is 5.97 Å². The number of ether oxygens (including phenoxy) is 1. The second-order valence-electron chi connectivity index (χ2n) is 2.59. The number of hydrogen-bond donors (Lipinski definition) is 1. The Labute approximate surface area is 81.9 Å². The molecule has 0 aliphatic rings. The molecule has 0 radical (unpaired) electrons. The summed E-state index contributed by atoms with van der Waals surface area (Å²) >= 11 is 0. The average Bonchev–Trinajstić information content (AvgIpc) is 2.17. The van der Waals surface area contributed by atoms with Crippen LogP contribution in [0.3, 0.4) is 0 Å². The number of rotatable bonds is 3. The summed E-state index contributed by atoms with van der Waals surface area (Å²) in [4.78, 5) is 14.8. The van der Waals surface area contributed by atoms with Crippen molar-refractivity contribution in [1.29, 1.82) is 0 Å². The quantitative estimate of drug-likeness (QED) is 0.795. The summed E-state index contributed by atoms with van der Waals surface area (Å²) in [5.41, 5.74) is 0.572. The minimum absolute atomic E-state index is 0.170. The van der Waals surface area contributed by atoms with Crippen molar-refractivity contribution in [2.45, 2.75) is 6.92 Å². The second kappa shape index (κ2) is 4.41. The van der Waals surface area contributed by atoms with Crippen LogP contribution in [0, 0.1) is 0 Å². The minimum atomic E-state index is -0.992. The third kappa shape index (κ3) is 2.10. The molecule has 0 saturated carbocycles. The molecule has 4 heteroatoms. The largest absolute Gasteiger partial charge is 0.481 e. The van der Waals surface area contributed by atoms with Crippen LogP contribution in [0.2, 0.25) is 0 Å². The number of pyridine rings is 1. The summed E-state index contributed by atoms with van der Waals surface area (Å²) < 4.78 is 4.90. The SMILES string of the molecule is C/C=C/c1nc(OC)ccc1C(=O)O. The smallest absolute Gasteiger partial charge is 0.337 e. The van der Waals surface area contributed by atoms with Gasteiger partial charge in [0, 0.05) is 6.07 Å². The second-order valence-corrected chi connectivity index (χ2v) is 2.59. The molecule has 0 saturated heterocycles. The van der Waals surface area contributed by atoms with Gasteiger partial charge in [-0.1, -0.05) is 6.08 Å². The molecule has 14 heavy (non-hydrogen) atoms. The van der Waals surface area contributed by atoms with Gasteiger partial charge in [-0.3, -0.25) is 0 Å². The van der Waals surface area contributed by atoms with E-state index >= 15 is 0 Å². The Balaban J connectivity index is 3.23. The third-order valence-electron chi connectivity index (χ3n) is 1.66. The lowest BCUT2D eigenvalue weighted by Crippen LogP contribution is -2.02. The maximum absolute atomic E-state index is 10.8. The maximum Gasteiger partial charge on any atom is 0.337 e. The molecule has 74 valence electrons. The fourth-order valence-corrected chi connectivity index (χ4v) is 1.04. The molecule has 0 aliphatic carbocycles. The predicted octanol–water partition coefficient (Wildman–Crippen LogP) is 1.82. The molecular weight excluding hydrogens is 182 g/mol. The zero-order valence-corrected chi connectivity index (χ0v) is 8.02. The molecule has 0 fully saturated rings. The van der Waals surface area contributed by atoms with Crippen LogP contribution in [0.4, 0.5) is 0 Å². The number of methoxy groups -OCH3 is 1. The van der Waals surface area contributed by atoms with Gasteiger partial charge < -0.3 is 9.84 Å². The Morgan fingerprint density at radius 2 is 2.29 bits per heavy atom. The van der Waals surface area contributed by atoms with Crippen molar-refractivity contribution in [3.63, 3.8) is 0 Å². The van der Waals surface area contributed by atoms with Crippen LogP contribution in [0.15, 0.2) is 18.2 Å². The molecular formula is C10H11NO3. The normalized spacial score (nSPS) is 10.4. The number of allylic oxidation sites excluding steroid dienone is 1. The van der Waals surface area contributed by atoms with E-state index in [1.54, 1.807) is 19.1 Å². The number of nitrogens with zero attached hydrogens (tertiary/aromatic N) is 1. The van der Waals surface area contributed by atoms with Gasteiger partial charge in [0.15, 0.2) is 0 Å². The Hall–Kier alpha value is -1.84. The predicted molar refractivity (Wildman–Crippen MR) is 52.5 cm³/mol. The highest BCUT2D eigenvalue weighted by Gasteiger charge is 2.09. The van der Waals surface area contributed by atoms with Gasteiger partial charge in [0.1, 0.15) is 0 Å². The van der Waals surface area contributed by atoms with Gasteiger partial charge in [-0.2, -0.15) is 0 Å². The van der Waals surface area contributed by atoms with Crippen molar-refractivity contribution < 1.29 is 14.6 Å². The lowest BCUT2D eigenvalue weighted by Gasteiger charge is -2.03. The number of carboxylic acids is 1. The number of carbonyl (C=O) groups is 1. The first-order valence-corrected chi connectivity index (χ1v) is 4.10. The van der Waals surface area contributed by atoms with E-state index in [0.29, 0.717) is 11.6 Å². The summed E-state index contributed by atoms with van der Waals surface area (Å²) in [6.07, 6.45) is 3.36. The van der Waals surface area contributed by atoms with E-state index in [4.69, 9.17) is 9.84 Å². The number of carboxylic acid groups (broad SMARTS) is 1. The van der Waals surface area contributed by atoms with E-state index in [2.05, 4.69) is 4.98 Å². The third-order valence-corrected chi connectivity index (χ3v) is 1.66. The summed E-state index contributed by atoms with van der Waals surface area (Å²) in [5, 5.41) is 8.84.